The molecule has 0 aliphatic carbocycles. The van der Waals surface area contributed by atoms with Gasteiger partial charge in [-0.3, -0.25) is 9.10 Å². The van der Waals surface area contributed by atoms with E-state index in [9.17, 15) is 17.6 Å². The minimum atomic E-state index is -3.81. The van der Waals surface area contributed by atoms with Crippen molar-refractivity contribution in [3.8, 4) is 11.5 Å². The molecule has 1 N–H and O–H groups in total. The lowest BCUT2D eigenvalue weighted by Gasteiger charge is -2.22. The molecule has 0 aliphatic heterocycles. The Balaban J connectivity index is 1.79. The predicted octanol–water partition coefficient (Wildman–Crippen LogP) is 4.02. The molecular weight excluding hydrogens is 395 g/mol. The summed E-state index contributed by atoms with van der Waals surface area (Å²) in [7, 11) is -3.81. The standard InChI is InChI=1S/C21H19FN2O4S/c1-29(26,27)24(17-9-7-8-16(22)14-17)15-21(25)23-19-12-5-6-13-20(19)28-18-10-3-2-4-11-18/h2-14H,15H2,1H3,(H,23,25). The quantitative estimate of drug-likeness (QED) is 0.634. The molecule has 3 aromatic rings. The van der Waals surface area contributed by atoms with Crippen LogP contribution in [0.25, 0.3) is 0 Å². The molecule has 1 amide bonds. The van der Waals surface area contributed by atoms with Gasteiger partial charge in [0, 0.05) is 0 Å². The van der Waals surface area contributed by atoms with Gasteiger partial charge < -0.3 is 10.1 Å². The Bertz CT molecular complexity index is 1100. The molecule has 0 saturated carbocycles. The van der Waals surface area contributed by atoms with E-state index in [1.807, 2.05) is 18.2 Å². The zero-order chi connectivity index (χ0) is 20.9. The molecule has 3 aromatic carbocycles. The molecule has 3 rings (SSSR count). The molecule has 29 heavy (non-hydrogen) atoms. The summed E-state index contributed by atoms with van der Waals surface area (Å²) in [6.07, 6.45) is 0.956. The van der Waals surface area contributed by atoms with E-state index in [2.05, 4.69) is 5.32 Å². The summed E-state index contributed by atoms with van der Waals surface area (Å²) in [5.74, 6) is -0.197. The maximum atomic E-state index is 13.5. The number of carbonyl (C=O) groups excluding carboxylic acids is 1. The Labute approximate surface area is 168 Å². The number of carbonyl (C=O) groups is 1. The summed E-state index contributed by atoms with van der Waals surface area (Å²) in [6.45, 7) is -0.512. The number of rotatable bonds is 7. The first-order valence-electron chi connectivity index (χ1n) is 8.68. The molecule has 0 unspecified atom stereocenters. The molecule has 0 saturated heterocycles. The van der Waals surface area contributed by atoms with Crippen molar-refractivity contribution >= 4 is 27.3 Å². The second-order valence-corrected chi connectivity index (χ2v) is 8.12. The van der Waals surface area contributed by atoms with Gasteiger partial charge in [-0.15, -0.1) is 0 Å². The monoisotopic (exact) mass is 414 g/mol. The molecule has 0 bridgehead atoms. The lowest BCUT2D eigenvalue weighted by molar-refractivity contribution is -0.114. The second kappa shape index (κ2) is 8.74. The van der Waals surface area contributed by atoms with Gasteiger partial charge in [0.05, 0.1) is 17.6 Å². The van der Waals surface area contributed by atoms with Crippen LogP contribution in [0.5, 0.6) is 11.5 Å². The van der Waals surface area contributed by atoms with Gasteiger partial charge in [-0.1, -0.05) is 36.4 Å². The van der Waals surface area contributed by atoms with Crippen molar-refractivity contribution < 1.29 is 22.3 Å². The number of hydrogen-bond acceptors (Lipinski definition) is 4. The average molecular weight is 414 g/mol. The van der Waals surface area contributed by atoms with Crippen molar-refractivity contribution in [1.29, 1.82) is 0 Å². The van der Waals surface area contributed by atoms with E-state index in [-0.39, 0.29) is 5.69 Å². The maximum Gasteiger partial charge on any atom is 0.245 e. The first kappa shape index (κ1) is 20.3. The molecule has 0 heterocycles. The summed E-state index contributed by atoms with van der Waals surface area (Å²) in [5, 5.41) is 2.65. The van der Waals surface area contributed by atoms with Crippen LogP contribution in [-0.2, 0) is 14.8 Å². The summed E-state index contributed by atoms with van der Waals surface area (Å²) in [5.41, 5.74) is 0.450. The van der Waals surface area contributed by atoms with Crippen LogP contribution < -0.4 is 14.4 Å². The number of benzene rings is 3. The van der Waals surface area contributed by atoms with Gasteiger partial charge >= 0.3 is 0 Å². The van der Waals surface area contributed by atoms with Crippen LogP contribution in [0, 0.1) is 5.82 Å². The van der Waals surface area contributed by atoms with Gasteiger partial charge in [0.1, 0.15) is 18.1 Å². The Morgan fingerprint density at radius 3 is 2.38 bits per heavy atom. The van der Waals surface area contributed by atoms with Crippen LogP contribution in [0.15, 0.2) is 78.9 Å². The highest BCUT2D eigenvalue weighted by atomic mass is 32.2. The number of para-hydroxylation sites is 3. The van der Waals surface area contributed by atoms with Crippen molar-refractivity contribution in [3.63, 3.8) is 0 Å². The fraction of sp³-hybridized carbons (Fsp3) is 0.0952. The molecule has 6 nitrogen and oxygen atoms in total. The Morgan fingerprint density at radius 1 is 1.00 bits per heavy atom. The van der Waals surface area contributed by atoms with E-state index in [4.69, 9.17) is 4.74 Å². The van der Waals surface area contributed by atoms with Crippen molar-refractivity contribution in [2.24, 2.45) is 0 Å². The summed E-state index contributed by atoms with van der Waals surface area (Å²) < 4.78 is 44.4. The van der Waals surface area contributed by atoms with Gasteiger partial charge in [0.25, 0.3) is 0 Å². The minimum absolute atomic E-state index is 0.0662. The molecule has 0 atom stereocenters. The van der Waals surface area contributed by atoms with Gasteiger partial charge in [0.2, 0.25) is 15.9 Å². The molecule has 0 spiro atoms. The molecule has 0 aromatic heterocycles. The minimum Gasteiger partial charge on any atom is -0.455 e. The van der Waals surface area contributed by atoms with E-state index in [0.29, 0.717) is 17.2 Å². The highest BCUT2D eigenvalue weighted by Crippen LogP contribution is 2.29. The maximum absolute atomic E-state index is 13.5. The van der Waals surface area contributed by atoms with Gasteiger partial charge in [-0.05, 0) is 42.5 Å². The predicted molar refractivity (Wildman–Crippen MR) is 110 cm³/mol. The SMILES string of the molecule is CS(=O)(=O)N(CC(=O)Nc1ccccc1Oc1ccccc1)c1cccc(F)c1. The fourth-order valence-electron chi connectivity index (χ4n) is 2.63. The van der Waals surface area contributed by atoms with Gasteiger partial charge in [-0.25, -0.2) is 12.8 Å². The third-order valence-electron chi connectivity index (χ3n) is 3.92. The van der Waals surface area contributed by atoms with E-state index in [1.54, 1.807) is 36.4 Å². The van der Waals surface area contributed by atoms with Crippen LogP contribution in [0.3, 0.4) is 0 Å². The molecule has 8 heteroatoms. The van der Waals surface area contributed by atoms with Crippen LogP contribution in [-0.4, -0.2) is 27.1 Å². The topological polar surface area (TPSA) is 75.7 Å². The third-order valence-corrected chi connectivity index (χ3v) is 5.06. The Morgan fingerprint density at radius 2 is 1.69 bits per heavy atom. The largest absolute Gasteiger partial charge is 0.455 e. The van der Waals surface area contributed by atoms with Gasteiger partial charge in [-0.2, -0.15) is 0 Å². The number of halogens is 1. The summed E-state index contributed by atoms with van der Waals surface area (Å²) in [6, 6.07) is 20.9. The lowest BCUT2D eigenvalue weighted by atomic mass is 10.2. The molecule has 0 aliphatic rings. The van der Waals surface area contributed by atoms with Crippen molar-refractivity contribution in [2.75, 3.05) is 22.4 Å². The highest BCUT2D eigenvalue weighted by Gasteiger charge is 2.22. The normalized spacial score (nSPS) is 11.0. The molecule has 0 radical (unpaired) electrons. The number of amides is 1. The van der Waals surface area contributed by atoms with E-state index in [1.165, 1.54) is 18.2 Å². The van der Waals surface area contributed by atoms with Crippen LogP contribution in [0.2, 0.25) is 0 Å². The van der Waals surface area contributed by atoms with Crippen LogP contribution >= 0.6 is 0 Å². The van der Waals surface area contributed by atoms with Gasteiger partial charge in [0.15, 0.2) is 5.75 Å². The highest BCUT2D eigenvalue weighted by molar-refractivity contribution is 7.92. The number of sulfonamides is 1. The summed E-state index contributed by atoms with van der Waals surface area (Å²) >= 11 is 0. The first-order chi connectivity index (χ1) is 13.8. The van der Waals surface area contributed by atoms with Crippen molar-refractivity contribution in [1.82, 2.24) is 0 Å². The van der Waals surface area contributed by atoms with Crippen LogP contribution in [0.1, 0.15) is 0 Å². The van der Waals surface area contributed by atoms with Crippen LogP contribution in [0.4, 0.5) is 15.8 Å². The Kier molecular flexibility index (Phi) is 6.13. The molecule has 150 valence electrons. The fourth-order valence-corrected chi connectivity index (χ4v) is 3.47. The average Bonchev–Trinajstić information content (AvgIpc) is 2.67. The van der Waals surface area contributed by atoms with Crippen molar-refractivity contribution in [2.45, 2.75) is 0 Å². The smallest absolute Gasteiger partial charge is 0.245 e. The van der Waals surface area contributed by atoms with E-state index >= 15 is 0 Å². The molecular formula is C21H19FN2O4S. The van der Waals surface area contributed by atoms with E-state index in [0.717, 1.165) is 16.6 Å². The Hall–Kier alpha value is -3.39. The lowest BCUT2D eigenvalue weighted by Crippen LogP contribution is -2.37. The van der Waals surface area contributed by atoms with Crippen molar-refractivity contribution in [3.05, 3.63) is 84.7 Å². The summed E-state index contributed by atoms with van der Waals surface area (Å²) in [4.78, 5) is 12.6. The zero-order valence-corrected chi connectivity index (χ0v) is 16.4. The number of hydrogen-bond donors (Lipinski definition) is 1. The zero-order valence-electron chi connectivity index (χ0n) is 15.6. The first-order valence-corrected chi connectivity index (χ1v) is 10.5. The number of nitrogens with one attached hydrogen (secondary N) is 1. The second-order valence-electron chi connectivity index (χ2n) is 6.21. The number of ether oxygens (including phenoxy) is 1. The third kappa shape index (κ3) is 5.55. The molecule has 0 fully saturated rings. The number of anilines is 2. The van der Waals surface area contributed by atoms with E-state index < -0.39 is 28.3 Å². The number of nitrogens with zero attached hydrogens (tertiary/aromatic N) is 1.